The summed E-state index contributed by atoms with van der Waals surface area (Å²) in [5.74, 6) is 0.441. The minimum Gasteiger partial charge on any atom is -0.383 e. The molecule has 3 heterocycles. The molecular weight excluding hydrogens is 320 g/mol. The molecule has 3 aromatic heterocycles. The monoisotopic (exact) mass is 342 g/mol. The van der Waals surface area contributed by atoms with Gasteiger partial charge in [-0.3, -0.25) is 4.79 Å². The van der Waals surface area contributed by atoms with Crippen LogP contribution >= 0.6 is 0 Å². The first-order valence-electron chi connectivity index (χ1n) is 8.10. The third-order valence-corrected chi connectivity index (χ3v) is 3.32. The van der Waals surface area contributed by atoms with E-state index in [1.54, 1.807) is 25.7 Å². The first kappa shape index (κ1) is 18.5. The third kappa shape index (κ3) is 4.36. The van der Waals surface area contributed by atoms with Gasteiger partial charge in [-0.2, -0.15) is 10.2 Å². The predicted octanol–water partition coefficient (Wildman–Crippen LogP) is 2.25. The molecule has 0 saturated carbocycles. The Bertz CT molecular complexity index is 866. The summed E-state index contributed by atoms with van der Waals surface area (Å²) in [5, 5.41) is 11.2. The van der Waals surface area contributed by atoms with E-state index in [2.05, 4.69) is 30.5 Å². The van der Waals surface area contributed by atoms with Crippen molar-refractivity contribution in [3.8, 4) is 11.1 Å². The summed E-state index contributed by atoms with van der Waals surface area (Å²) in [4.78, 5) is 23.4. The molecule has 8 nitrogen and oxygen atoms in total. The van der Waals surface area contributed by atoms with Crippen molar-refractivity contribution in [2.75, 3.05) is 19.0 Å². The zero-order chi connectivity index (χ0) is 18.2. The number of hydrogen-bond donors (Lipinski definition) is 2. The highest BCUT2D eigenvalue weighted by Gasteiger charge is 2.11. The lowest BCUT2D eigenvalue weighted by molar-refractivity contribution is 0.190. The van der Waals surface area contributed by atoms with E-state index in [0.717, 1.165) is 11.1 Å². The Hall–Kier alpha value is -2.87. The van der Waals surface area contributed by atoms with E-state index in [-0.39, 0.29) is 11.6 Å². The molecule has 0 aliphatic carbocycles. The van der Waals surface area contributed by atoms with E-state index in [1.165, 1.54) is 6.20 Å². The SMILES string of the molecule is CC.COCC(C)Nc1ncc2c(=O)[nH]cc(-c3ccnnc3)c2n1. The fourth-order valence-corrected chi connectivity index (χ4v) is 2.29. The summed E-state index contributed by atoms with van der Waals surface area (Å²) in [6.07, 6.45) is 6.35. The van der Waals surface area contributed by atoms with E-state index in [1.807, 2.05) is 26.8 Å². The summed E-state index contributed by atoms with van der Waals surface area (Å²) in [5.41, 5.74) is 1.90. The van der Waals surface area contributed by atoms with Gasteiger partial charge < -0.3 is 15.0 Å². The fourth-order valence-electron chi connectivity index (χ4n) is 2.29. The molecule has 2 N–H and O–H groups in total. The van der Waals surface area contributed by atoms with Crippen LogP contribution in [0.25, 0.3) is 22.0 Å². The maximum Gasteiger partial charge on any atom is 0.259 e. The molecule has 0 bridgehead atoms. The average Bonchev–Trinajstić information content (AvgIpc) is 2.64. The Balaban J connectivity index is 0.00000109. The van der Waals surface area contributed by atoms with Crippen LogP contribution in [0, 0.1) is 0 Å². The van der Waals surface area contributed by atoms with Crippen molar-refractivity contribution in [2.45, 2.75) is 26.8 Å². The number of aromatic amines is 1. The van der Waals surface area contributed by atoms with E-state index in [9.17, 15) is 4.79 Å². The topological polar surface area (TPSA) is 106 Å². The first-order valence-corrected chi connectivity index (χ1v) is 8.10. The van der Waals surface area contributed by atoms with Gasteiger partial charge in [0.2, 0.25) is 5.95 Å². The molecule has 0 amide bonds. The molecule has 0 aromatic carbocycles. The summed E-state index contributed by atoms with van der Waals surface area (Å²) in [7, 11) is 1.63. The number of anilines is 1. The van der Waals surface area contributed by atoms with Gasteiger partial charge in [-0.15, -0.1) is 0 Å². The number of pyridine rings is 1. The minimum absolute atomic E-state index is 0.0467. The van der Waals surface area contributed by atoms with Crippen molar-refractivity contribution in [3.63, 3.8) is 0 Å². The second kappa shape index (κ2) is 8.84. The van der Waals surface area contributed by atoms with Gasteiger partial charge in [0.05, 0.1) is 29.9 Å². The van der Waals surface area contributed by atoms with Gasteiger partial charge in [-0.25, -0.2) is 9.97 Å². The maximum atomic E-state index is 12.0. The minimum atomic E-state index is -0.234. The summed E-state index contributed by atoms with van der Waals surface area (Å²) < 4.78 is 5.09. The van der Waals surface area contributed by atoms with Crippen molar-refractivity contribution < 1.29 is 4.74 Å². The lowest BCUT2D eigenvalue weighted by Crippen LogP contribution is -2.22. The number of H-pyrrole nitrogens is 1. The number of aromatic nitrogens is 5. The smallest absolute Gasteiger partial charge is 0.259 e. The van der Waals surface area contributed by atoms with Crippen LogP contribution in [-0.4, -0.2) is 44.9 Å². The van der Waals surface area contributed by atoms with E-state index in [4.69, 9.17) is 4.74 Å². The number of hydrogen-bond acceptors (Lipinski definition) is 7. The van der Waals surface area contributed by atoms with Gasteiger partial charge >= 0.3 is 0 Å². The van der Waals surface area contributed by atoms with Crippen molar-refractivity contribution in [2.24, 2.45) is 0 Å². The molecule has 0 radical (unpaired) electrons. The molecule has 1 atom stereocenters. The number of methoxy groups -OCH3 is 1. The Morgan fingerprint density at radius 3 is 2.76 bits per heavy atom. The normalized spacial score (nSPS) is 11.5. The Morgan fingerprint density at radius 2 is 2.08 bits per heavy atom. The summed E-state index contributed by atoms with van der Waals surface area (Å²) in [6.45, 7) is 6.49. The van der Waals surface area contributed by atoms with Crippen molar-refractivity contribution >= 4 is 16.9 Å². The molecule has 3 aromatic rings. The van der Waals surface area contributed by atoms with Gasteiger partial charge in [0, 0.05) is 36.7 Å². The quantitative estimate of drug-likeness (QED) is 0.732. The van der Waals surface area contributed by atoms with Crippen LogP contribution in [0.15, 0.2) is 35.6 Å². The lowest BCUT2D eigenvalue weighted by atomic mass is 10.1. The van der Waals surface area contributed by atoms with Crippen LogP contribution in [0.1, 0.15) is 20.8 Å². The van der Waals surface area contributed by atoms with Gasteiger partial charge in [0.1, 0.15) is 0 Å². The zero-order valence-electron chi connectivity index (χ0n) is 14.8. The molecular formula is C17H22N6O2. The van der Waals surface area contributed by atoms with Gasteiger partial charge in [0.25, 0.3) is 5.56 Å². The summed E-state index contributed by atoms with van der Waals surface area (Å²) in [6, 6.07) is 1.86. The van der Waals surface area contributed by atoms with Crippen molar-refractivity contribution in [3.05, 3.63) is 41.2 Å². The largest absolute Gasteiger partial charge is 0.383 e. The number of fused-ring (bicyclic) bond motifs is 1. The Kier molecular flexibility index (Phi) is 6.53. The van der Waals surface area contributed by atoms with E-state index < -0.39 is 0 Å². The highest BCUT2D eigenvalue weighted by Crippen LogP contribution is 2.24. The van der Waals surface area contributed by atoms with Crippen molar-refractivity contribution in [1.29, 1.82) is 0 Å². The fraction of sp³-hybridized carbons (Fsp3) is 0.353. The van der Waals surface area contributed by atoms with E-state index >= 15 is 0 Å². The van der Waals surface area contributed by atoms with Crippen LogP contribution < -0.4 is 10.9 Å². The predicted molar refractivity (Wildman–Crippen MR) is 97.5 cm³/mol. The molecule has 0 aliphatic heterocycles. The first-order chi connectivity index (χ1) is 12.2. The molecule has 3 rings (SSSR count). The standard InChI is InChI=1S/C15H16N6O2.C2H6/c1-9(8-23-2)20-15-17-7-12-13(21-15)11(6-16-14(12)22)10-3-4-18-19-5-10;1-2/h3-7,9H,8H2,1-2H3,(H,16,22)(H,17,20,21);1-2H3. The van der Waals surface area contributed by atoms with Crippen LogP contribution in [0.3, 0.4) is 0 Å². The number of nitrogens with one attached hydrogen (secondary N) is 2. The lowest BCUT2D eigenvalue weighted by Gasteiger charge is -2.13. The maximum absolute atomic E-state index is 12.0. The zero-order valence-corrected chi connectivity index (χ0v) is 14.8. The number of nitrogens with zero attached hydrogens (tertiary/aromatic N) is 4. The van der Waals surface area contributed by atoms with Gasteiger partial charge in [-0.1, -0.05) is 13.8 Å². The highest BCUT2D eigenvalue weighted by molar-refractivity contribution is 5.92. The van der Waals surface area contributed by atoms with E-state index in [0.29, 0.717) is 23.5 Å². The molecule has 0 spiro atoms. The van der Waals surface area contributed by atoms with Crippen molar-refractivity contribution in [1.82, 2.24) is 25.1 Å². The van der Waals surface area contributed by atoms with Gasteiger partial charge in [0.15, 0.2) is 0 Å². The molecule has 132 valence electrons. The number of ether oxygens (including phenoxy) is 1. The summed E-state index contributed by atoms with van der Waals surface area (Å²) >= 11 is 0. The van der Waals surface area contributed by atoms with Crippen LogP contribution in [-0.2, 0) is 4.74 Å². The van der Waals surface area contributed by atoms with Crippen LogP contribution in [0.4, 0.5) is 5.95 Å². The average molecular weight is 342 g/mol. The highest BCUT2D eigenvalue weighted by atomic mass is 16.5. The molecule has 0 fully saturated rings. The Labute approximate surface area is 145 Å². The van der Waals surface area contributed by atoms with Crippen LogP contribution in [0.2, 0.25) is 0 Å². The Morgan fingerprint density at radius 1 is 1.28 bits per heavy atom. The second-order valence-electron chi connectivity index (χ2n) is 5.12. The van der Waals surface area contributed by atoms with Gasteiger partial charge in [-0.05, 0) is 13.0 Å². The molecule has 0 aliphatic rings. The number of rotatable bonds is 5. The van der Waals surface area contributed by atoms with Crippen LogP contribution in [0.5, 0.6) is 0 Å². The third-order valence-electron chi connectivity index (χ3n) is 3.32. The molecule has 25 heavy (non-hydrogen) atoms. The molecule has 0 saturated heterocycles. The molecule has 8 heteroatoms. The second-order valence-corrected chi connectivity index (χ2v) is 5.12. The molecule has 1 unspecified atom stereocenters.